The predicted molar refractivity (Wildman–Crippen MR) is 103 cm³/mol. The van der Waals surface area contributed by atoms with Crippen molar-refractivity contribution in [3.63, 3.8) is 0 Å². The SMILES string of the molecule is CN(C)C[C@]12CCN(S(=O)(=O)c3cccnc3)C[C@H]1CN(C(=O)N(C)C)C2. The molecule has 1 aromatic heterocycles. The number of likely N-dealkylation sites (tertiary alicyclic amines) is 1. The number of urea groups is 1. The van der Waals surface area contributed by atoms with Crippen molar-refractivity contribution in [2.24, 2.45) is 11.3 Å². The van der Waals surface area contributed by atoms with Crippen LogP contribution in [-0.2, 0) is 10.0 Å². The second-order valence-electron chi connectivity index (χ2n) is 8.16. The second-order valence-corrected chi connectivity index (χ2v) is 10.1. The molecule has 3 rings (SSSR count). The van der Waals surface area contributed by atoms with Crippen LogP contribution >= 0.6 is 0 Å². The van der Waals surface area contributed by atoms with Crippen molar-refractivity contribution in [2.45, 2.75) is 11.3 Å². The highest BCUT2D eigenvalue weighted by Gasteiger charge is 2.52. The summed E-state index contributed by atoms with van der Waals surface area (Å²) >= 11 is 0. The number of carbonyl (C=O) groups is 1. The monoisotopic (exact) mass is 395 g/mol. The lowest BCUT2D eigenvalue weighted by Crippen LogP contribution is -2.52. The van der Waals surface area contributed by atoms with Crippen LogP contribution in [0.2, 0.25) is 0 Å². The van der Waals surface area contributed by atoms with Gasteiger partial charge in [-0.2, -0.15) is 4.31 Å². The molecule has 2 aliphatic rings. The maximum atomic E-state index is 13.0. The minimum atomic E-state index is -3.57. The molecule has 8 nitrogen and oxygen atoms in total. The first-order valence-electron chi connectivity index (χ1n) is 9.17. The van der Waals surface area contributed by atoms with Gasteiger partial charge in [0, 0.05) is 64.6 Å². The van der Waals surface area contributed by atoms with Crippen molar-refractivity contribution in [1.82, 2.24) is 24.0 Å². The molecule has 2 atom stereocenters. The average Bonchev–Trinajstić information content (AvgIpc) is 2.99. The number of aromatic nitrogens is 1. The molecule has 2 aliphatic heterocycles. The summed E-state index contributed by atoms with van der Waals surface area (Å²) in [6, 6.07) is 3.21. The van der Waals surface area contributed by atoms with E-state index in [1.54, 1.807) is 41.6 Å². The fourth-order valence-corrected chi connectivity index (χ4v) is 5.89. The molecule has 2 fully saturated rings. The fraction of sp³-hybridized carbons (Fsp3) is 0.667. The van der Waals surface area contributed by atoms with Crippen molar-refractivity contribution in [3.8, 4) is 0 Å². The van der Waals surface area contributed by atoms with E-state index in [-0.39, 0.29) is 22.3 Å². The highest BCUT2D eigenvalue weighted by atomic mass is 32.2. The third-order valence-electron chi connectivity index (χ3n) is 5.65. The van der Waals surface area contributed by atoms with Gasteiger partial charge in [-0.25, -0.2) is 13.2 Å². The van der Waals surface area contributed by atoms with Crippen LogP contribution in [0.3, 0.4) is 0 Å². The molecular weight excluding hydrogens is 366 g/mol. The summed E-state index contributed by atoms with van der Waals surface area (Å²) in [4.78, 5) is 22.3. The van der Waals surface area contributed by atoms with E-state index in [2.05, 4.69) is 9.88 Å². The lowest BCUT2D eigenvalue weighted by Gasteiger charge is -2.44. The second kappa shape index (κ2) is 7.37. The van der Waals surface area contributed by atoms with Gasteiger partial charge in [-0.05, 0) is 38.6 Å². The number of hydrogen-bond donors (Lipinski definition) is 0. The van der Waals surface area contributed by atoms with Crippen molar-refractivity contribution >= 4 is 16.1 Å². The minimum Gasteiger partial charge on any atom is -0.331 e. The van der Waals surface area contributed by atoms with E-state index in [0.717, 1.165) is 13.0 Å². The van der Waals surface area contributed by atoms with E-state index < -0.39 is 10.0 Å². The third kappa shape index (κ3) is 3.81. The van der Waals surface area contributed by atoms with Crippen LogP contribution in [0.1, 0.15) is 6.42 Å². The topological polar surface area (TPSA) is 77.1 Å². The molecule has 27 heavy (non-hydrogen) atoms. The van der Waals surface area contributed by atoms with Crippen molar-refractivity contribution in [1.29, 1.82) is 0 Å². The van der Waals surface area contributed by atoms with Crippen LogP contribution in [0.25, 0.3) is 0 Å². The van der Waals surface area contributed by atoms with Gasteiger partial charge in [-0.3, -0.25) is 4.98 Å². The molecule has 0 saturated carbocycles. The standard InChI is InChI=1S/C18H29N5O3S/c1-20(2)13-18-7-9-23(27(25,26)16-6-5-8-19-10-16)12-15(18)11-22(14-18)17(24)21(3)4/h5-6,8,10,15H,7,9,11-14H2,1-4H3/t15-,18+/m1/s1. The van der Waals surface area contributed by atoms with Crippen LogP contribution in [0, 0.1) is 11.3 Å². The smallest absolute Gasteiger partial charge is 0.319 e. The summed E-state index contributed by atoms with van der Waals surface area (Å²) in [6.45, 7) is 3.00. The number of hydrogen-bond acceptors (Lipinski definition) is 5. The molecule has 1 aromatic rings. The Bertz CT molecular complexity index is 783. The summed E-state index contributed by atoms with van der Waals surface area (Å²) in [5.41, 5.74) is -0.0733. The summed E-state index contributed by atoms with van der Waals surface area (Å²) in [6.07, 6.45) is 3.71. The van der Waals surface area contributed by atoms with E-state index in [9.17, 15) is 13.2 Å². The van der Waals surface area contributed by atoms with Gasteiger partial charge < -0.3 is 14.7 Å². The first kappa shape index (κ1) is 20.0. The Kier molecular flexibility index (Phi) is 5.47. The molecule has 3 heterocycles. The highest BCUT2D eigenvalue weighted by Crippen LogP contribution is 2.44. The van der Waals surface area contributed by atoms with Crippen LogP contribution in [0.15, 0.2) is 29.4 Å². The van der Waals surface area contributed by atoms with Crippen molar-refractivity contribution in [3.05, 3.63) is 24.5 Å². The molecule has 0 aliphatic carbocycles. The Labute approximate surface area is 161 Å². The summed E-state index contributed by atoms with van der Waals surface area (Å²) < 4.78 is 27.6. The summed E-state index contributed by atoms with van der Waals surface area (Å²) in [7, 11) is 4.00. The lowest BCUT2D eigenvalue weighted by molar-refractivity contribution is 0.0814. The summed E-state index contributed by atoms with van der Waals surface area (Å²) in [5.74, 6) is 0.115. The Hall–Kier alpha value is -1.71. The largest absolute Gasteiger partial charge is 0.331 e. The first-order chi connectivity index (χ1) is 12.7. The van der Waals surface area contributed by atoms with Crippen molar-refractivity contribution in [2.75, 3.05) is 60.9 Å². The zero-order valence-electron chi connectivity index (χ0n) is 16.5. The zero-order valence-corrected chi connectivity index (χ0v) is 17.3. The molecule has 0 aromatic carbocycles. The van der Waals surface area contributed by atoms with E-state index in [1.165, 1.54) is 6.20 Å². The minimum absolute atomic E-state index is 0.0100. The van der Waals surface area contributed by atoms with E-state index >= 15 is 0 Å². The van der Waals surface area contributed by atoms with Crippen molar-refractivity contribution < 1.29 is 13.2 Å². The number of piperidine rings is 1. The van der Waals surface area contributed by atoms with Gasteiger partial charge in [0.15, 0.2) is 0 Å². The number of pyridine rings is 1. The Balaban J connectivity index is 1.85. The number of nitrogens with zero attached hydrogens (tertiary/aromatic N) is 5. The van der Waals surface area contributed by atoms with Gasteiger partial charge in [-0.15, -0.1) is 0 Å². The Morgan fingerprint density at radius 1 is 1.30 bits per heavy atom. The highest BCUT2D eigenvalue weighted by molar-refractivity contribution is 7.89. The number of amides is 2. The normalized spacial score (nSPS) is 26.3. The van der Waals surface area contributed by atoms with Crippen LogP contribution in [-0.4, -0.2) is 99.4 Å². The van der Waals surface area contributed by atoms with Crippen LogP contribution in [0.4, 0.5) is 4.79 Å². The van der Waals surface area contributed by atoms with Crippen LogP contribution < -0.4 is 0 Å². The Morgan fingerprint density at radius 3 is 2.63 bits per heavy atom. The molecule has 2 saturated heterocycles. The van der Waals surface area contributed by atoms with E-state index in [4.69, 9.17) is 0 Å². The maximum absolute atomic E-state index is 13.0. The Morgan fingerprint density at radius 2 is 2.04 bits per heavy atom. The molecule has 9 heteroatoms. The number of sulfonamides is 1. The van der Waals surface area contributed by atoms with Gasteiger partial charge in [0.25, 0.3) is 0 Å². The molecule has 2 amide bonds. The van der Waals surface area contributed by atoms with Gasteiger partial charge in [-0.1, -0.05) is 0 Å². The van der Waals surface area contributed by atoms with Gasteiger partial charge in [0.1, 0.15) is 4.90 Å². The molecule has 0 spiro atoms. The average molecular weight is 396 g/mol. The molecule has 0 unspecified atom stereocenters. The number of carbonyl (C=O) groups excluding carboxylic acids is 1. The first-order valence-corrected chi connectivity index (χ1v) is 10.6. The van der Waals surface area contributed by atoms with Crippen LogP contribution in [0.5, 0.6) is 0 Å². The maximum Gasteiger partial charge on any atom is 0.319 e. The van der Waals surface area contributed by atoms with Gasteiger partial charge >= 0.3 is 6.03 Å². The lowest BCUT2D eigenvalue weighted by atomic mass is 9.73. The molecule has 0 bridgehead atoms. The molecule has 0 N–H and O–H groups in total. The van der Waals surface area contributed by atoms with Gasteiger partial charge in [0.2, 0.25) is 10.0 Å². The third-order valence-corrected chi connectivity index (χ3v) is 7.50. The predicted octanol–water partition coefficient (Wildman–Crippen LogP) is 0.637. The molecule has 150 valence electrons. The van der Waals surface area contributed by atoms with E-state index in [0.29, 0.717) is 26.2 Å². The number of fused-ring (bicyclic) bond motifs is 1. The molecular formula is C18H29N5O3S. The quantitative estimate of drug-likeness (QED) is 0.748. The summed E-state index contributed by atoms with van der Waals surface area (Å²) in [5, 5.41) is 0. The fourth-order valence-electron chi connectivity index (χ4n) is 4.44. The zero-order chi connectivity index (χ0) is 19.8. The van der Waals surface area contributed by atoms with E-state index in [1.807, 2.05) is 19.0 Å². The molecule has 0 radical (unpaired) electrons. The van der Waals surface area contributed by atoms with Gasteiger partial charge in [0.05, 0.1) is 0 Å². The number of rotatable bonds is 4.